The van der Waals surface area contributed by atoms with Gasteiger partial charge in [-0.05, 0) is 47.9 Å². The van der Waals surface area contributed by atoms with Gasteiger partial charge in [0.05, 0.1) is 19.2 Å². The molecule has 1 aliphatic rings. The number of rotatable bonds is 9. The number of carbonyl (C=O) groups excluding carboxylic acids is 2. The average molecular weight is 472 g/mol. The molecule has 0 saturated heterocycles. The Labute approximate surface area is 202 Å². The smallest absolute Gasteiger partial charge is 0.351 e. The summed E-state index contributed by atoms with van der Waals surface area (Å²) in [5.74, 6) is -0.498. The van der Waals surface area contributed by atoms with E-state index in [4.69, 9.17) is 14.6 Å². The van der Waals surface area contributed by atoms with Gasteiger partial charge in [-0.25, -0.2) is 9.59 Å². The Morgan fingerprint density at radius 3 is 2.40 bits per heavy atom. The lowest BCUT2D eigenvalue weighted by atomic mass is 10.1. The number of nitrogens with zero attached hydrogens (tertiary/aromatic N) is 2. The monoisotopic (exact) mass is 472 g/mol. The van der Waals surface area contributed by atoms with E-state index in [0.29, 0.717) is 17.1 Å². The molecule has 1 heterocycles. The molecule has 178 valence electrons. The zero-order valence-corrected chi connectivity index (χ0v) is 19.4. The van der Waals surface area contributed by atoms with Crippen LogP contribution in [0.3, 0.4) is 0 Å². The van der Waals surface area contributed by atoms with Crippen molar-refractivity contribution in [2.45, 2.75) is 26.5 Å². The van der Waals surface area contributed by atoms with Crippen molar-refractivity contribution in [1.29, 1.82) is 0 Å². The van der Waals surface area contributed by atoms with Crippen molar-refractivity contribution in [2.24, 2.45) is 4.99 Å². The third-order valence-corrected chi connectivity index (χ3v) is 5.58. The molecule has 0 saturated carbocycles. The lowest BCUT2D eigenvalue weighted by molar-refractivity contribution is -0.121. The van der Waals surface area contributed by atoms with Crippen LogP contribution in [0.2, 0.25) is 0 Å². The average Bonchev–Trinajstić information content (AvgIpc) is 3.11. The van der Waals surface area contributed by atoms with Gasteiger partial charge in [0.1, 0.15) is 12.3 Å². The van der Waals surface area contributed by atoms with Crippen LogP contribution in [0.15, 0.2) is 71.7 Å². The van der Waals surface area contributed by atoms with Crippen molar-refractivity contribution in [3.05, 3.63) is 94.5 Å². The number of aliphatic imine (C=N–C) groups is 1. The molecule has 8 nitrogen and oxygen atoms in total. The van der Waals surface area contributed by atoms with Gasteiger partial charge in [-0.3, -0.25) is 9.69 Å². The highest BCUT2D eigenvalue weighted by Gasteiger charge is 2.33. The summed E-state index contributed by atoms with van der Waals surface area (Å²) in [6.45, 7) is 2.30. The van der Waals surface area contributed by atoms with Crippen LogP contribution in [-0.4, -0.2) is 40.7 Å². The minimum Gasteiger partial charge on any atom is -0.493 e. The molecule has 0 unspecified atom stereocenters. The van der Waals surface area contributed by atoms with E-state index >= 15 is 0 Å². The molecular formula is C27H24N2O6. The van der Waals surface area contributed by atoms with E-state index in [-0.39, 0.29) is 30.8 Å². The molecule has 1 aliphatic heterocycles. The molecular weight excluding hydrogens is 448 g/mol. The number of imide groups is 1. The van der Waals surface area contributed by atoms with Crippen LogP contribution in [0.5, 0.6) is 11.5 Å². The maximum absolute atomic E-state index is 12.8. The maximum Gasteiger partial charge on any atom is 0.351 e. The summed E-state index contributed by atoms with van der Waals surface area (Å²) in [6, 6.07) is 18.8. The number of amides is 3. The summed E-state index contributed by atoms with van der Waals surface area (Å²) in [6.07, 6.45) is 0.173. The van der Waals surface area contributed by atoms with Gasteiger partial charge >= 0.3 is 12.0 Å². The van der Waals surface area contributed by atoms with Gasteiger partial charge in [-0.1, -0.05) is 48.0 Å². The Morgan fingerprint density at radius 2 is 1.69 bits per heavy atom. The molecule has 8 heteroatoms. The van der Waals surface area contributed by atoms with Crippen molar-refractivity contribution < 1.29 is 29.0 Å². The van der Waals surface area contributed by atoms with Crippen LogP contribution in [0.4, 0.5) is 4.79 Å². The topological polar surface area (TPSA) is 106 Å². The fourth-order valence-electron chi connectivity index (χ4n) is 3.69. The number of aromatic carboxylic acids is 1. The van der Waals surface area contributed by atoms with Gasteiger partial charge in [-0.15, -0.1) is 0 Å². The maximum atomic E-state index is 12.8. The summed E-state index contributed by atoms with van der Waals surface area (Å²) in [5.41, 5.74) is 3.74. The second-order valence-corrected chi connectivity index (χ2v) is 8.17. The van der Waals surface area contributed by atoms with E-state index in [9.17, 15) is 14.4 Å². The first kappa shape index (κ1) is 23.7. The van der Waals surface area contributed by atoms with Gasteiger partial charge in [0.15, 0.2) is 11.5 Å². The number of benzene rings is 3. The Kier molecular flexibility index (Phi) is 6.91. The number of carboxylic acids is 1. The Bertz CT molecular complexity index is 1310. The number of hydrogen-bond acceptors (Lipinski definition) is 5. The third-order valence-electron chi connectivity index (χ3n) is 5.58. The Morgan fingerprint density at radius 1 is 0.943 bits per heavy atom. The molecule has 0 atom stereocenters. The van der Waals surface area contributed by atoms with Crippen molar-refractivity contribution in [2.75, 3.05) is 7.11 Å². The Balaban J connectivity index is 1.42. The first-order chi connectivity index (χ1) is 16.8. The standard InChI is InChI=1S/C27H24N2O6/c1-17-6-8-18(9-7-17)15-29-25(30)22(28-27(29)33)13-19-10-11-23(24(14-19)34-2)35-16-20-4-3-5-21(12-20)26(31)32/h3-12,14H,13,15-16H2,1-2H3,(H,31,32). The molecule has 1 N–H and O–H groups in total. The lowest BCUT2D eigenvalue weighted by Crippen LogP contribution is -2.32. The summed E-state index contributed by atoms with van der Waals surface area (Å²) in [4.78, 5) is 41.4. The zero-order valence-electron chi connectivity index (χ0n) is 19.4. The van der Waals surface area contributed by atoms with Crippen LogP contribution in [-0.2, 0) is 24.4 Å². The number of ether oxygens (including phenoxy) is 2. The molecule has 0 bridgehead atoms. The number of aryl methyl sites for hydroxylation is 1. The zero-order chi connectivity index (χ0) is 24.9. The van der Waals surface area contributed by atoms with Gasteiger partial charge in [0.25, 0.3) is 5.91 Å². The second kappa shape index (κ2) is 10.2. The van der Waals surface area contributed by atoms with E-state index in [1.54, 1.807) is 36.4 Å². The van der Waals surface area contributed by atoms with E-state index in [2.05, 4.69) is 4.99 Å². The van der Waals surface area contributed by atoms with Gasteiger partial charge in [0, 0.05) is 6.42 Å². The molecule has 0 radical (unpaired) electrons. The molecule has 4 rings (SSSR count). The van der Waals surface area contributed by atoms with Crippen LogP contribution in [0.1, 0.15) is 32.6 Å². The first-order valence-corrected chi connectivity index (χ1v) is 10.9. The number of carboxylic acid groups (broad SMARTS) is 1. The fourth-order valence-corrected chi connectivity index (χ4v) is 3.69. The summed E-state index contributed by atoms with van der Waals surface area (Å²) >= 11 is 0. The summed E-state index contributed by atoms with van der Waals surface area (Å²) in [7, 11) is 1.50. The number of urea groups is 1. The van der Waals surface area contributed by atoms with Crippen molar-refractivity contribution in [1.82, 2.24) is 4.90 Å². The number of methoxy groups -OCH3 is 1. The van der Waals surface area contributed by atoms with Crippen LogP contribution in [0, 0.1) is 6.92 Å². The highest BCUT2D eigenvalue weighted by Crippen LogP contribution is 2.30. The highest BCUT2D eigenvalue weighted by atomic mass is 16.5. The van der Waals surface area contributed by atoms with E-state index in [0.717, 1.165) is 21.6 Å². The molecule has 35 heavy (non-hydrogen) atoms. The fraction of sp³-hybridized carbons (Fsp3) is 0.185. The lowest BCUT2D eigenvalue weighted by Gasteiger charge is -2.14. The number of carbonyl (C=O) groups is 3. The molecule has 0 aliphatic carbocycles. The van der Waals surface area contributed by atoms with Gasteiger partial charge in [0.2, 0.25) is 0 Å². The summed E-state index contributed by atoms with van der Waals surface area (Å²) in [5, 5.41) is 9.14. The van der Waals surface area contributed by atoms with Crippen molar-refractivity contribution in [3.63, 3.8) is 0 Å². The van der Waals surface area contributed by atoms with E-state index < -0.39 is 17.9 Å². The summed E-state index contributed by atoms with van der Waals surface area (Å²) < 4.78 is 11.3. The number of hydrogen-bond donors (Lipinski definition) is 1. The molecule has 3 amide bonds. The second-order valence-electron chi connectivity index (χ2n) is 8.17. The first-order valence-electron chi connectivity index (χ1n) is 10.9. The predicted octanol–water partition coefficient (Wildman–Crippen LogP) is 4.43. The molecule has 0 fully saturated rings. The molecule has 0 aromatic heterocycles. The van der Waals surface area contributed by atoms with Crippen LogP contribution >= 0.6 is 0 Å². The molecule has 3 aromatic carbocycles. The van der Waals surface area contributed by atoms with Crippen molar-refractivity contribution in [3.8, 4) is 11.5 Å². The van der Waals surface area contributed by atoms with Gasteiger partial charge in [-0.2, -0.15) is 4.99 Å². The predicted molar refractivity (Wildman–Crippen MR) is 129 cm³/mol. The van der Waals surface area contributed by atoms with Gasteiger partial charge < -0.3 is 14.6 Å². The minimum atomic E-state index is -1.01. The normalized spacial score (nSPS) is 13.1. The largest absolute Gasteiger partial charge is 0.493 e. The van der Waals surface area contributed by atoms with E-state index in [1.807, 2.05) is 31.2 Å². The highest BCUT2D eigenvalue weighted by molar-refractivity contribution is 6.46. The van der Waals surface area contributed by atoms with Crippen LogP contribution < -0.4 is 9.47 Å². The van der Waals surface area contributed by atoms with Crippen molar-refractivity contribution >= 4 is 23.6 Å². The molecule has 0 spiro atoms. The SMILES string of the molecule is COc1cc(CC2=NC(=O)N(Cc3ccc(C)cc3)C2=O)ccc1OCc1cccc(C(=O)O)c1. The van der Waals surface area contributed by atoms with Crippen LogP contribution in [0.25, 0.3) is 0 Å². The quantitative estimate of drug-likeness (QED) is 0.494. The van der Waals surface area contributed by atoms with E-state index in [1.165, 1.54) is 13.2 Å². The Hall–Kier alpha value is -4.46. The third kappa shape index (κ3) is 5.55. The minimum absolute atomic E-state index is 0.157. The molecule has 3 aromatic rings.